The van der Waals surface area contributed by atoms with Crippen LogP contribution in [0, 0.1) is 18.3 Å². The van der Waals surface area contributed by atoms with Gasteiger partial charge >= 0.3 is 5.97 Å². The maximum atomic E-state index is 13.8. The quantitative estimate of drug-likeness (QED) is 0.148. The number of aromatic nitrogens is 2. The van der Waals surface area contributed by atoms with Crippen molar-refractivity contribution in [3.05, 3.63) is 86.4 Å². The van der Waals surface area contributed by atoms with Crippen LogP contribution in [0.5, 0.6) is 0 Å². The summed E-state index contributed by atoms with van der Waals surface area (Å²) in [6.07, 6.45) is 0. The molecule has 7 nitrogen and oxygen atoms in total. The van der Waals surface area contributed by atoms with Crippen LogP contribution in [-0.2, 0) is 9.53 Å². The zero-order valence-electron chi connectivity index (χ0n) is 19.2. The summed E-state index contributed by atoms with van der Waals surface area (Å²) in [6, 6.07) is 19.2. The van der Waals surface area contributed by atoms with Crippen molar-refractivity contribution in [3.63, 3.8) is 0 Å². The molecule has 0 amide bonds. The van der Waals surface area contributed by atoms with Crippen LogP contribution in [0.2, 0.25) is 0 Å². The molecule has 2 aromatic carbocycles. The van der Waals surface area contributed by atoms with Crippen molar-refractivity contribution < 1.29 is 14.3 Å². The first kappa shape index (κ1) is 22.9. The van der Waals surface area contributed by atoms with Crippen molar-refractivity contribution in [1.29, 1.82) is 5.26 Å². The largest absolute Gasteiger partial charge is 0.462 e. The highest BCUT2D eigenvalue weighted by molar-refractivity contribution is 8.08. The predicted octanol–water partition coefficient (Wildman–Crippen LogP) is 5.82. The lowest BCUT2D eigenvalue weighted by Crippen LogP contribution is -2.19. The van der Waals surface area contributed by atoms with Gasteiger partial charge in [0, 0.05) is 17.1 Å². The second kappa shape index (κ2) is 9.06. The highest BCUT2D eigenvalue weighted by atomic mass is 32.2. The summed E-state index contributed by atoms with van der Waals surface area (Å²) >= 11 is 2.35. The van der Waals surface area contributed by atoms with E-state index in [0.717, 1.165) is 34.2 Å². The van der Waals surface area contributed by atoms with Crippen molar-refractivity contribution in [1.82, 2.24) is 9.38 Å². The molecule has 0 fully saturated rings. The Kier molecular flexibility index (Phi) is 5.93. The number of nitriles is 1. The Balaban J connectivity index is 1.66. The van der Waals surface area contributed by atoms with E-state index >= 15 is 0 Å². The molecular weight excluding hydrogens is 480 g/mol. The molecule has 1 aliphatic rings. The molecule has 2 aromatic heterocycles. The standard InChI is InChI=1S/C26H20N4O3S2/c1-4-33-25(32)23-16(3)29(17-10-6-5-7-11-17)24(34-23)18(14-27)21(31)22-15(2)30-20-13-9-8-12-19(20)28-26(30)35-22/h5-13H,4H2,1-3H3. The highest BCUT2D eigenvalue weighted by Crippen LogP contribution is 2.46. The minimum atomic E-state index is -0.479. The second-order valence-electron chi connectivity index (χ2n) is 7.76. The molecule has 4 aromatic rings. The van der Waals surface area contributed by atoms with Gasteiger partial charge < -0.3 is 9.64 Å². The Morgan fingerprint density at radius 1 is 1.09 bits per heavy atom. The lowest BCUT2D eigenvalue weighted by Gasteiger charge is -2.22. The SMILES string of the molecule is CCOC(=O)C1=C(C)N(c2ccccc2)C(=C(C#N)C(=O)c2sc3nc4ccccc4n3c2C)S1. The minimum Gasteiger partial charge on any atom is -0.462 e. The Labute approximate surface area is 209 Å². The Bertz CT molecular complexity index is 1610. The normalized spacial score (nSPS) is 15.1. The van der Waals surface area contributed by atoms with Crippen LogP contribution < -0.4 is 4.90 Å². The molecule has 0 saturated heterocycles. The number of imidazole rings is 1. The number of thioether (sulfide) groups is 1. The summed E-state index contributed by atoms with van der Waals surface area (Å²) in [4.78, 5) is 34.4. The van der Waals surface area contributed by atoms with E-state index in [2.05, 4.69) is 11.1 Å². The summed E-state index contributed by atoms with van der Waals surface area (Å²) < 4.78 is 7.17. The van der Waals surface area contributed by atoms with Crippen LogP contribution in [0.4, 0.5) is 5.69 Å². The number of ketones is 1. The van der Waals surface area contributed by atoms with Gasteiger partial charge in [0.2, 0.25) is 5.78 Å². The second-order valence-corrected chi connectivity index (χ2v) is 9.74. The summed E-state index contributed by atoms with van der Waals surface area (Å²) in [6.45, 7) is 5.61. The summed E-state index contributed by atoms with van der Waals surface area (Å²) in [5.74, 6) is -0.876. The number of thiazole rings is 1. The molecule has 9 heteroatoms. The van der Waals surface area contributed by atoms with E-state index in [4.69, 9.17) is 4.74 Å². The third-order valence-electron chi connectivity index (χ3n) is 5.69. The molecule has 0 N–H and O–H groups in total. The van der Waals surface area contributed by atoms with E-state index in [-0.39, 0.29) is 12.2 Å². The van der Waals surface area contributed by atoms with Crippen molar-refractivity contribution in [2.24, 2.45) is 0 Å². The van der Waals surface area contributed by atoms with Gasteiger partial charge in [-0.25, -0.2) is 9.78 Å². The number of hydrogen-bond donors (Lipinski definition) is 0. The molecule has 5 rings (SSSR count). The lowest BCUT2D eigenvalue weighted by atomic mass is 10.1. The van der Waals surface area contributed by atoms with Gasteiger partial charge in [0.25, 0.3) is 0 Å². The molecule has 0 radical (unpaired) electrons. The van der Waals surface area contributed by atoms with Crippen LogP contribution in [0.3, 0.4) is 0 Å². The lowest BCUT2D eigenvalue weighted by molar-refractivity contribution is -0.137. The van der Waals surface area contributed by atoms with Gasteiger partial charge in [0.15, 0.2) is 4.96 Å². The highest BCUT2D eigenvalue weighted by Gasteiger charge is 2.36. The molecular formula is C26H20N4O3S2. The predicted molar refractivity (Wildman–Crippen MR) is 138 cm³/mol. The number of Topliss-reactive ketones (excluding diaryl/α,β-unsaturated/α-hetero) is 1. The number of anilines is 1. The van der Waals surface area contributed by atoms with Gasteiger partial charge in [-0.3, -0.25) is 9.20 Å². The van der Waals surface area contributed by atoms with Gasteiger partial charge in [-0.05, 0) is 45.0 Å². The zero-order chi connectivity index (χ0) is 24.7. The summed E-state index contributed by atoms with van der Waals surface area (Å²) in [7, 11) is 0. The number of carbonyl (C=O) groups is 2. The van der Waals surface area contributed by atoms with E-state index in [9.17, 15) is 14.9 Å². The molecule has 3 heterocycles. The molecule has 174 valence electrons. The van der Waals surface area contributed by atoms with Gasteiger partial charge in [0.1, 0.15) is 21.6 Å². The van der Waals surface area contributed by atoms with E-state index in [1.54, 1.807) is 18.7 Å². The van der Waals surface area contributed by atoms with E-state index in [1.165, 1.54) is 11.3 Å². The fourth-order valence-corrected chi connectivity index (χ4v) is 6.33. The monoisotopic (exact) mass is 500 g/mol. The first-order valence-electron chi connectivity index (χ1n) is 10.9. The van der Waals surface area contributed by atoms with E-state index < -0.39 is 11.8 Å². The smallest absolute Gasteiger partial charge is 0.346 e. The van der Waals surface area contributed by atoms with Crippen LogP contribution in [-0.4, -0.2) is 27.7 Å². The van der Waals surface area contributed by atoms with Gasteiger partial charge in [-0.15, -0.1) is 0 Å². The number of esters is 1. The van der Waals surface area contributed by atoms with Crippen molar-refractivity contribution in [3.8, 4) is 6.07 Å². The molecule has 0 unspecified atom stereocenters. The van der Waals surface area contributed by atoms with Gasteiger partial charge in [-0.2, -0.15) is 5.26 Å². The number of carbonyl (C=O) groups excluding carboxylic acids is 2. The number of ether oxygens (including phenoxy) is 1. The third kappa shape index (κ3) is 3.71. The molecule has 0 bridgehead atoms. The maximum Gasteiger partial charge on any atom is 0.346 e. The van der Waals surface area contributed by atoms with Crippen LogP contribution in [0.1, 0.15) is 29.2 Å². The molecule has 1 aliphatic heterocycles. The summed E-state index contributed by atoms with van der Waals surface area (Å²) in [5.41, 5.74) is 3.80. The van der Waals surface area contributed by atoms with Crippen molar-refractivity contribution >= 4 is 56.5 Å². The molecule has 0 saturated carbocycles. The fraction of sp³-hybridized carbons (Fsp3) is 0.154. The van der Waals surface area contributed by atoms with Crippen LogP contribution in [0.25, 0.3) is 16.0 Å². The maximum absolute atomic E-state index is 13.8. The minimum absolute atomic E-state index is 0.0330. The van der Waals surface area contributed by atoms with Crippen molar-refractivity contribution in [2.45, 2.75) is 20.8 Å². The Hall–Kier alpha value is -3.87. The molecule has 35 heavy (non-hydrogen) atoms. The number of fused-ring (bicyclic) bond motifs is 3. The first-order chi connectivity index (χ1) is 17.0. The number of rotatable bonds is 5. The first-order valence-corrected chi connectivity index (χ1v) is 12.6. The van der Waals surface area contributed by atoms with E-state index in [0.29, 0.717) is 25.5 Å². The zero-order valence-corrected chi connectivity index (χ0v) is 20.9. The number of allylic oxidation sites excluding steroid dienone is 2. The molecule has 0 atom stereocenters. The van der Waals surface area contributed by atoms with Crippen LogP contribution in [0.15, 0.2) is 75.8 Å². The number of hydrogen-bond acceptors (Lipinski definition) is 8. The van der Waals surface area contributed by atoms with Crippen LogP contribution >= 0.6 is 23.1 Å². The third-order valence-corrected chi connectivity index (χ3v) is 8.08. The van der Waals surface area contributed by atoms with Gasteiger partial charge in [-0.1, -0.05) is 53.4 Å². The average molecular weight is 501 g/mol. The molecule has 0 spiro atoms. The van der Waals surface area contributed by atoms with Gasteiger partial charge in [0.05, 0.1) is 22.5 Å². The number of nitrogens with zero attached hydrogens (tertiary/aromatic N) is 4. The molecule has 0 aliphatic carbocycles. The fourth-order valence-electron chi connectivity index (χ4n) is 4.09. The number of benzene rings is 2. The average Bonchev–Trinajstić information content (AvgIpc) is 3.50. The Morgan fingerprint density at radius 2 is 1.80 bits per heavy atom. The van der Waals surface area contributed by atoms with Crippen molar-refractivity contribution in [2.75, 3.05) is 11.5 Å². The summed E-state index contributed by atoms with van der Waals surface area (Å²) in [5, 5.41) is 10.6. The topological polar surface area (TPSA) is 87.7 Å². The van der Waals surface area contributed by atoms with E-state index in [1.807, 2.05) is 65.9 Å². The number of aryl methyl sites for hydroxylation is 1. The number of para-hydroxylation sites is 3. The Morgan fingerprint density at radius 3 is 2.51 bits per heavy atom.